The molecular weight excluding hydrogens is 376 g/mol. The molecule has 1 amide bonds. The molecule has 0 radical (unpaired) electrons. The van der Waals surface area contributed by atoms with Crippen molar-refractivity contribution in [1.82, 2.24) is 19.6 Å². The molecule has 3 rings (SSSR count). The molecule has 152 valence electrons. The minimum atomic E-state index is -0.631. The van der Waals surface area contributed by atoms with E-state index in [9.17, 15) is 4.79 Å². The van der Waals surface area contributed by atoms with Gasteiger partial charge in [0.05, 0.1) is 30.2 Å². The molecule has 0 atom stereocenters. The third kappa shape index (κ3) is 4.93. The van der Waals surface area contributed by atoms with Gasteiger partial charge in [-0.1, -0.05) is 41.9 Å². The normalized spacial score (nSPS) is 15.6. The van der Waals surface area contributed by atoms with Gasteiger partial charge in [-0.05, 0) is 19.4 Å². The lowest BCUT2D eigenvalue weighted by molar-refractivity contribution is -0.137. The topological polar surface area (TPSA) is 50.6 Å². The number of amides is 1. The molecule has 1 aromatic heterocycles. The number of carbonyl (C=O) groups is 1. The summed E-state index contributed by atoms with van der Waals surface area (Å²) >= 11 is 6.33. The smallest absolute Gasteiger partial charge is 0.233 e. The predicted molar refractivity (Wildman–Crippen MR) is 110 cm³/mol. The number of halogens is 1. The molecule has 0 bridgehead atoms. The Morgan fingerprint density at radius 3 is 2.54 bits per heavy atom. The second-order valence-corrected chi connectivity index (χ2v) is 8.18. The highest BCUT2D eigenvalue weighted by atomic mass is 35.5. The molecule has 1 saturated heterocycles. The zero-order chi connectivity index (χ0) is 20.1. The van der Waals surface area contributed by atoms with E-state index in [1.54, 1.807) is 10.9 Å². The van der Waals surface area contributed by atoms with Crippen molar-refractivity contribution in [2.75, 3.05) is 39.4 Å². The number of aryl methyl sites for hydroxylation is 1. The van der Waals surface area contributed by atoms with Crippen LogP contribution in [0.15, 0.2) is 36.5 Å². The highest BCUT2D eigenvalue weighted by Crippen LogP contribution is 2.27. The number of aromatic nitrogens is 2. The van der Waals surface area contributed by atoms with Gasteiger partial charge >= 0.3 is 0 Å². The van der Waals surface area contributed by atoms with Crippen molar-refractivity contribution in [1.29, 1.82) is 0 Å². The number of nitrogens with zero attached hydrogens (tertiary/aromatic N) is 4. The first-order valence-corrected chi connectivity index (χ1v) is 10.1. The maximum Gasteiger partial charge on any atom is 0.233 e. The highest BCUT2D eigenvalue weighted by molar-refractivity contribution is 6.31. The Morgan fingerprint density at radius 1 is 1.25 bits per heavy atom. The average Bonchev–Trinajstić information content (AvgIpc) is 3.02. The van der Waals surface area contributed by atoms with Crippen LogP contribution in [0.4, 0.5) is 0 Å². The predicted octanol–water partition coefficient (Wildman–Crippen LogP) is 2.71. The minimum Gasteiger partial charge on any atom is -0.379 e. The number of carbonyl (C=O) groups excluding carboxylic acids is 1. The molecule has 0 spiro atoms. The van der Waals surface area contributed by atoms with Crippen LogP contribution in [0.3, 0.4) is 0 Å². The minimum absolute atomic E-state index is 0.0775. The molecule has 1 aliphatic rings. The van der Waals surface area contributed by atoms with E-state index in [0.29, 0.717) is 18.1 Å². The molecule has 28 heavy (non-hydrogen) atoms. The van der Waals surface area contributed by atoms with Gasteiger partial charge in [0, 0.05) is 39.4 Å². The zero-order valence-corrected chi connectivity index (χ0v) is 17.7. The number of hydrogen-bond acceptors (Lipinski definition) is 4. The summed E-state index contributed by atoms with van der Waals surface area (Å²) in [5, 5.41) is 5.03. The molecule has 6 nitrogen and oxygen atoms in total. The lowest BCUT2D eigenvalue weighted by Crippen LogP contribution is -2.47. The monoisotopic (exact) mass is 404 g/mol. The summed E-state index contributed by atoms with van der Waals surface area (Å²) in [6.07, 6.45) is 1.77. The molecule has 0 saturated carbocycles. The maximum absolute atomic E-state index is 13.6. The van der Waals surface area contributed by atoms with Crippen LogP contribution in [0.5, 0.6) is 0 Å². The third-order valence-electron chi connectivity index (χ3n) is 5.30. The first kappa shape index (κ1) is 20.8. The maximum atomic E-state index is 13.6. The van der Waals surface area contributed by atoms with Crippen LogP contribution in [0.25, 0.3) is 0 Å². The van der Waals surface area contributed by atoms with Crippen molar-refractivity contribution in [2.45, 2.75) is 25.8 Å². The van der Waals surface area contributed by atoms with Gasteiger partial charge in [0.2, 0.25) is 5.91 Å². The van der Waals surface area contributed by atoms with E-state index in [1.807, 2.05) is 56.1 Å². The molecule has 1 aliphatic heterocycles. The van der Waals surface area contributed by atoms with Crippen LogP contribution in [0.1, 0.15) is 25.1 Å². The second-order valence-electron chi connectivity index (χ2n) is 7.77. The van der Waals surface area contributed by atoms with Gasteiger partial charge in [-0.15, -0.1) is 0 Å². The van der Waals surface area contributed by atoms with Gasteiger partial charge in [-0.3, -0.25) is 14.4 Å². The van der Waals surface area contributed by atoms with Crippen LogP contribution in [-0.4, -0.2) is 64.9 Å². The Morgan fingerprint density at radius 2 is 1.93 bits per heavy atom. The lowest BCUT2D eigenvalue weighted by Gasteiger charge is -2.34. The Bertz CT molecular complexity index is 785. The van der Waals surface area contributed by atoms with E-state index in [-0.39, 0.29) is 5.91 Å². The molecule has 0 unspecified atom stereocenters. The third-order valence-corrected chi connectivity index (χ3v) is 5.62. The summed E-state index contributed by atoms with van der Waals surface area (Å²) in [5.74, 6) is 0.0775. The zero-order valence-electron chi connectivity index (χ0n) is 16.9. The molecular formula is C21H29ClN4O2. The summed E-state index contributed by atoms with van der Waals surface area (Å²) < 4.78 is 7.11. The van der Waals surface area contributed by atoms with Crippen molar-refractivity contribution >= 4 is 17.5 Å². The molecule has 0 N–H and O–H groups in total. The van der Waals surface area contributed by atoms with E-state index in [2.05, 4.69) is 10.00 Å². The second kappa shape index (κ2) is 9.07. The van der Waals surface area contributed by atoms with Gasteiger partial charge in [-0.2, -0.15) is 5.10 Å². The van der Waals surface area contributed by atoms with Crippen LogP contribution in [0.2, 0.25) is 5.02 Å². The molecule has 2 aromatic rings. The van der Waals surface area contributed by atoms with Crippen LogP contribution in [-0.2, 0) is 28.5 Å². The Labute approximate surface area is 172 Å². The van der Waals surface area contributed by atoms with E-state index in [0.717, 1.165) is 44.1 Å². The van der Waals surface area contributed by atoms with E-state index in [1.165, 1.54) is 0 Å². The molecule has 0 aliphatic carbocycles. The Kier molecular flexibility index (Phi) is 6.75. The molecule has 1 aromatic carbocycles. The van der Waals surface area contributed by atoms with Crippen LogP contribution in [0, 0.1) is 0 Å². The molecule has 2 heterocycles. The van der Waals surface area contributed by atoms with Crippen molar-refractivity contribution in [3.63, 3.8) is 0 Å². The quantitative estimate of drug-likeness (QED) is 0.712. The van der Waals surface area contributed by atoms with Gasteiger partial charge in [0.15, 0.2) is 0 Å². The van der Waals surface area contributed by atoms with E-state index < -0.39 is 5.41 Å². The lowest BCUT2D eigenvalue weighted by atomic mass is 9.83. The number of ether oxygens (including phenoxy) is 1. The summed E-state index contributed by atoms with van der Waals surface area (Å²) in [7, 11) is 1.84. The fourth-order valence-corrected chi connectivity index (χ4v) is 3.75. The standard InChI is InChI=1S/C21H29ClN4O2/c1-21(2,17-7-5-4-6-8-17)20(27)26(10-9-25-11-13-28-14-12-25)16-19-18(22)15-24(3)23-19/h4-8,15H,9-14,16H2,1-3H3. The first-order valence-electron chi connectivity index (χ1n) is 9.71. The number of hydrogen-bond donors (Lipinski definition) is 0. The fourth-order valence-electron chi connectivity index (χ4n) is 3.51. The number of rotatable bonds is 7. The van der Waals surface area contributed by atoms with E-state index in [4.69, 9.17) is 16.3 Å². The first-order chi connectivity index (χ1) is 13.4. The van der Waals surface area contributed by atoms with Crippen molar-refractivity contribution in [2.24, 2.45) is 7.05 Å². The summed E-state index contributed by atoms with van der Waals surface area (Å²) in [4.78, 5) is 17.8. The summed E-state index contributed by atoms with van der Waals surface area (Å²) in [5.41, 5.74) is 1.10. The van der Waals surface area contributed by atoms with Gasteiger partial charge in [-0.25, -0.2) is 0 Å². The van der Waals surface area contributed by atoms with Gasteiger partial charge in [0.1, 0.15) is 5.69 Å². The SMILES string of the molecule is Cn1cc(Cl)c(CN(CCN2CCOCC2)C(=O)C(C)(C)c2ccccc2)n1. The molecule has 7 heteroatoms. The average molecular weight is 405 g/mol. The van der Waals surface area contributed by atoms with Crippen LogP contribution < -0.4 is 0 Å². The van der Waals surface area contributed by atoms with Gasteiger partial charge in [0.25, 0.3) is 0 Å². The van der Waals surface area contributed by atoms with E-state index >= 15 is 0 Å². The van der Waals surface area contributed by atoms with Crippen molar-refractivity contribution in [3.8, 4) is 0 Å². The highest BCUT2D eigenvalue weighted by Gasteiger charge is 2.34. The summed E-state index contributed by atoms with van der Waals surface area (Å²) in [6, 6.07) is 9.92. The van der Waals surface area contributed by atoms with Crippen molar-refractivity contribution in [3.05, 3.63) is 52.8 Å². The number of morpholine rings is 1. The van der Waals surface area contributed by atoms with Crippen molar-refractivity contribution < 1.29 is 9.53 Å². The Balaban J connectivity index is 1.79. The summed E-state index contributed by atoms with van der Waals surface area (Å²) in [6.45, 7) is 9.08. The Hall–Kier alpha value is -1.89. The fraction of sp³-hybridized carbons (Fsp3) is 0.524. The van der Waals surface area contributed by atoms with Gasteiger partial charge < -0.3 is 9.64 Å². The van der Waals surface area contributed by atoms with Crippen LogP contribution >= 0.6 is 11.6 Å². The largest absolute Gasteiger partial charge is 0.379 e. The number of benzene rings is 1. The molecule has 1 fully saturated rings.